The van der Waals surface area contributed by atoms with Crippen LogP contribution in [0.3, 0.4) is 0 Å². The lowest BCUT2D eigenvalue weighted by Gasteiger charge is -2.32. The topological polar surface area (TPSA) is 66.0 Å². The lowest BCUT2D eigenvalue weighted by molar-refractivity contribution is -0.234. The van der Waals surface area contributed by atoms with Crippen LogP contribution in [0.5, 0.6) is 0 Å². The second-order valence-electron chi connectivity index (χ2n) is 4.62. The van der Waals surface area contributed by atoms with Crippen molar-refractivity contribution in [1.29, 1.82) is 10.5 Å². The monoisotopic (exact) mass is 232 g/mol. The molecular formula is C13H16N2O2. The zero-order valence-electron chi connectivity index (χ0n) is 10.1. The molecule has 0 amide bonds. The molecule has 0 aromatic heterocycles. The van der Waals surface area contributed by atoms with Crippen molar-refractivity contribution in [2.75, 3.05) is 14.2 Å². The van der Waals surface area contributed by atoms with E-state index in [0.29, 0.717) is 12.8 Å². The maximum atomic E-state index is 8.92. The van der Waals surface area contributed by atoms with E-state index in [0.717, 1.165) is 0 Å². The van der Waals surface area contributed by atoms with E-state index in [1.165, 1.54) is 0 Å². The Morgan fingerprint density at radius 3 is 1.71 bits per heavy atom. The van der Waals surface area contributed by atoms with Gasteiger partial charge in [-0.2, -0.15) is 10.5 Å². The molecule has 0 aliphatic heterocycles. The molecule has 0 N–H and O–H groups in total. The predicted molar refractivity (Wildman–Crippen MR) is 60.3 cm³/mol. The van der Waals surface area contributed by atoms with Gasteiger partial charge in [-0.1, -0.05) is 12.2 Å². The number of fused-ring (bicyclic) bond motifs is 2. The Hall–Kier alpha value is -1.36. The van der Waals surface area contributed by atoms with E-state index >= 15 is 0 Å². The first-order valence-corrected chi connectivity index (χ1v) is 5.77. The van der Waals surface area contributed by atoms with Crippen molar-refractivity contribution < 1.29 is 9.47 Å². The molecule has 0 aromatic carbocycles. The van der Waals surface area contributed by atoms with E-state index in [1.807, 2.05) is 0 Å². The summed E-state index contributed by atoms with van der Waals surface area (Å²) in [5.74, 6) is -0.173. The molecular weight excluding hydrogens is 216 g/mol. The molecule has 2 rings (SSSR count). The average molecular weight is 232 g/mol. The van der Waals surface area contributed by atoms with E-state index in [9.17, 15) is 0 Å². The third-order valence-electron chi connectivity index (χ3n) is 4.22. The third-order valence-corrected chi connectivity index (χ3v) is 4.22. The molecule has 0 saturated heterocycles. The van der Waals surface area contributed by atoms with E-state index in [4.69, 9.17) is 20.0 Å². The Labute approximate surface area is 101 Å². The molecule has 0 radical (unpaired) electrons. The Bertz CT molecular complexity index is 367. The summed E-state index contributed by atoms with van der Waals surface area (Å²) in [6, 6.07) is 4.43. The predicted octanol–water partition coefficient (Wildman–Crippen LogP) is 1.85. The van der Waals surface area contributed by atoms with Crippen LogP contribution in [0.4, 0.5) is 0 Å². The highest BCUT2D eigenvalue weighted by molar-refractivity contribution is 5.24. The summed E-state index contributed by atoms with van der Waals surface area (Å²) in [5, 5.41) is 17.8. The minimum atomic E-state index is -0.664. The number of nitrogens with zero attached hydrogens (tertiary/aromatic N) is 2. The summed E-state index contributed by atoms with van der Waals surface area (Å²) in [4.78, 5) is 0. The van der Waals surface area contributed by atoms with Gasteiger partial charge in [-0.25, -0.2) is 0 Å². The van der Waals surface area contributed by atoms with Crippen molar-refractivity contribution in [3.8, 4) is 12.1 Å². The largest absolute Gasteiger partial charge is 0.352 e. The normalized spacial score (nSPS) is 36.7. The Morgan fingerprint density at radius 2 is 1.41 bits per heavy atom. The quantitative estimate of drug-likeness (QED) is 0.548. The second-order valence-corrected chi connectivity index (χ2v) is 4.62. The highest BCUT2D eigenvalue weighted by Crippen LogP contribution is 2.58. The van der Waals surface area contributed by atoms with Crippen molar-refractivity contribution >= 4 is 0 Å². The van der Waals surface area contributed by atoms with Gasteiger partial charge in [0, 0.05) is 38.9 Å². The minimum Gasteiger partial charge on any atom is -0.352 e. The molecule has 1 saturated carbocycles. The molecule has 0 aromatic rings. The summed E-state index contributed by atoms with van der Waals surface area (Å²) in [5.41, 5.74) is 0. The van der Waals surface area contributed by atoms with Gasteiger partial charge in [-0.15, -0.1) is 0 Å². The SMILES string of the molecule is COC1(OC)[C@@H]2C=C[C@H]1[C@H](CC#N)[C@H]2CC#N. The van der Waals surface area contributed by atoms with E-state index in [-0.39, 0.29) is 23.7 Å². The van der Waals surface area contributed by atoms with Crippen molar-refractivity contribution in [2.45, 2.75) is 18.6 Å². The molecule has 4 atom stereocenters. The zero-order valence-corrected chi connectivity index (χ0v) is 10.1. The van der Waals surface area contributed by atoms with Crippen LogP contribution >= 0.6 is 0 Å². The van der Waals surface area contributed by atoms with Crippen molar-refractivity contribution in [1.82, 2.24) is 0 Å². The van der Waals surface area contributed by atoms with Gasteiger partial charge in [-0.3, -0.25) is 0 Å². The van der Waals surface area contributed by atoms with E-state index < -0.39 is 5.79 Å². The number of nitriles is 2. The third kappa shape index (κ3) is 1.49. The molecule has 17 heavy (non-hydrogen) atoms. The van der Waals surface area contributed by atoms with Gasteiger partial charge in [0.15, 0.2) is 5.79 Å². The molecule has 1 fully saturated rings. The van der Waals surface area contributed by atoms with Gasteiger partial charge in [0.05, 0.1) is 12.1 Å². The molecule has 0 unspecified atom stereocenters. The molecule has 0 heterocycles. The summed E-state index contributed by atoms with van der Waals surface area (Å²) < 4.78 is 11.2. The van der Waals surface area contributed by atoms with Gasteiger partial charge < -0.3 is 9.47 Å². The van der Waals surface area contributed by atoms with Crippen LogP contribution in [0.2, 0.25) is 0 Å². The van der Waals surface area contributed by atoms with Crippen molar-refractivity contribution in [3.05, 3.63) is 12.2 Å². The first-order chi connectivity index (χ1) is 8.25. The van der Waals surface area contributed by atoms with Gasteiger partial charge >= 0.3 is 0 Å². The lowest BCUT2D eigenvalue weighted by Crippen LogP contribution is -2.40. The molecule has 2 bridgehead atoms. The Kier molecular flexibility index (Phi) is 3.19. The molecule has 0 spiro atoms. The van der Waals surface area contributed by atoms with Crippen molar-refractivity contribution in [3.63, 3.8) is 0 Å². The maximum absolute atomic E-state index is 8.92. The van der Waals surface area contributed by atoms with E-state index in [2.05, 4.69) is 24.3 Å². The molecule has 4 nitrogen and oxygen atoms in total. The molecule has 2 aliphatic rings. The second kappa shape index (κ2) is 4.49. The minimum absolute atomic E-state index is 0.0838. The molecule has 90 valence electrons. The summed E-state index contributed by atoms with van der Waals surface area (Å²) >= 11 is 0. The first kappa shape index (κ1) is 12.1. The van der Waals surface area contributed by atoms with Gasteiger partial charge in [0.2, 0.25) is 0 Å². The number of methoxy groups -OCH3 is 2. The van der Waals surface area contributed by atoms with Crippen LogP contribution in [0, 0.1) is 46.3 Å². The zero-order chi connectivity index (χ0) is 12.5. The fraction of sp³-hybridized carbons (Fsp3) is 0.692. The van der Waals surface area contributed by atoms with Crippen LogP contribution in [0.15, 0.2) is 12.2 Å². The number of rotatable bonds is 4. The number of ether oxygens (including phenoxy) is 2. The smallest absolute Gasteiger partial charge is 0.180 e. The highest BCUT2D eigenvalue weighted by atomic mass is 16.7. The fourth-order valence-electron chi connectivity index (χ4n) is 3.54. The van der Waals surface area contributed by atoms with Crippen LogP contribution in [-0.4, -0.2) is 20.0 Å². The van der Waals surface area contributed by atoms with Gasteiger partial charge in [-0.05, 0) is 11.8 Å². The summed E-state index contributed by atoms with van der Waals surface area (Å²) in [6.07, 6.45) is 5.06. The van der Waals surface area contributed by atoms with Crippen LogP contribution in [0.25, 0.3) is 0 Å². The van der Waals surface area contributed by atoms with Gasteiger partial charge in [0.25, 0.3) is 0 Å². The van der Waals surface area contributed by atoms with Gasteiger partial charge in [0.1, 0.15) is 0 Å². The maximum Gasteiger partial charge on any atom is 0.180 e. The fourth-order valence-corrected chi connectivity index (χ4v) is 3.54. The Morgan fingerprint density at radius 1 is 1.00 bits per heavy atom. The summed E-state index contributed by atoms with van der Waals surface area (Å²) in [6.45, 7) is 0. The standard InChI is InChI=1S/C13H16N2O2/c1-16-13(17-2)11-3-4-12(13)10(6-8-15)9(11)5-7-14/h3-4,9-12H,5-6H2,1-2H3/t9-,10-,11-,12+/m1/s1. The lowest BCUT2D eigenvalue weighted by atomic mass is 9.80. The van der Waals surface area contributed by atoms with Crippen LogP contribution in [-0.2, 0) is 9.47 Å². The van der Waals surface area contributed by atoms with Crippen LogP contribution < -0.4 is 0 Å². The number of hydrogen-bond acceptors (Lipinski definition) is 4. The highest BCUT2D eigenvalue weighted by Gasteiger charge is 2.62. The number of hydrogen-bond donors (Lipinski definition) is 0. The summed E-state index contributed by atoms with van der Waals surface area (Å²) in [7, 11) is 3.27. The average Bonchev–Trinajstić information content (AvgIpc) is 2.82. The van der Waals surface area contributed by atoms with E-state index in [1.54, 1.807) is 14.2 Å². The molecule has 4 heteroatoms. The molecule has 2 aliphatic carbocycles. The van der Waals surface area contributed by atoms with Crippen molar-refractivity contribution in [2.24, 2.45) is 23.7 Å². The van der Waals surface area contributed by atoms with Crippen LogP contribution in [0.1, 0.15) is 12.8 Å². The first-order valence-electron chi connectivity index (χ1n) is 5.77. The Balaban J connectivity index is 2.34.